The molecule has 0 radical (unpaired) electrons. The highest BCUT2D eigenvalue weighted by atomic mass is 19.1. The lowest BCUT2D eigenvalue weighted by atomic mass is 10.2. The van der Waals surface area contributed by atoms with E-state index in [1.54, 1.807) is 10.7 Å². The maximum atomic E-state index is 13.8. The van der Waals surface area contributed by atoms with E-state index in [2.05, 4.69) is 5.10 Å². The molecule has 0 aliphatic rings. The summed E-state index contributed by atoms with van der Waals surface area (Å²) in [5.74, 6) is -0.269. The maximum Gasteiger partial charge on any atom is 0.167 e. The van der Waals surface area contributed by atoms with E-state index in [1.165, 1.54) is 6.07 Å². The molecule has 0 bridgehead atoms. The number of fused-ring (bicyclic) bond motifs is 1. The van der Waals surface area contributed by atoms with Crippen molar-refractivity contribution in [1.29, 1.82) is 0 Å². The van der Waals surface area contributed by atoms with Gasteiger partial charge in [-0.3, -0.25) is 4.68 Å². The van der Waals surface area contributed by atoms with Crippen molar-refractivity contribution in [2.45, 2.75) is 13.5 Å². The van der Waals surface area contributed by atoms with Crippen molar-refractivity contribution < 1.29 is 9.13 Å². The summed E-state index contributed by atoms with van der Waals surface area (Å²) in [6.45, 7) is 2.03. The van der Waals surface area contributed by atoms with Crippen LogP contribution in [0, 0.1) is 12.7 Å². The van der Waals surface area contributed by atoms with Crippen LogP contribution >= 0.6 is 0 Å². The summed E-state index contributed by atoms with van der Waals surface area (Å²) in [6, 6.07) is 10.8. The van der Waals surface area contributed by atoms with Gasteiger partial charge in [0.25, 0.3) is 0 Å². The van der Waals surface area contributed by atoms with Crippen LogP contribution in [0.5, 0.6) is 5.75 Å². The second-order valence-electron chi connectivity index (χ2n) is 5.02. The number of rotatable bonds is 3. The van der Waals surface area contributed by atoms with Crippen molar-refractivity contribution in [3.05, 3.63) is 53.5 Å². The average molecular weight is 285 g/mol. The van der Waals surface area contributed by atoms with Crippen LogP contribution in [-0.2, 0) is 13.7 Å². The molecular formula is C16H16FN3O. The first-order valence-corrected chi connectivity index (χ1v) is 6.65. The fraction of sp³-hybridized carbons (Fsp3) is 0.188. The molecule has 0 atom stereocenters. The topological polar surface area (TPSA) is 53.1 Å². The number of benzene rings is 2. The van der Waals surface area contributed by atoms with E-state index in [0.717, 1.165) is 22.2 Å². The molecule has 0 aliphatic heterocycles. The number of halogens is 1. The second-order valence-corrected chi connectivity index (χ2v) is 5.02. The highest BCUT2D eigenvalue weighted by Crippen LogP contribution is 2.25. The minimum absolute atomic E-state index is 0.191. The number of hydrogen-bond donors (Lipinski definition) is 1. The molecule has 1 heterocycles. The molecule has 0 amide bonds. The molecule has 0 fully saturated rings. The Hall–Kier alpha value is -2.56. The van der Waals surface area contributed by atoms with Crippen molar-refractivity contribution in [2.75, 3.05) is 5.73 Å². The standard InChI is InChI=1S/C16H16FN3O/c1-10-7-16(12(17)8-13(10)18)21-9-14-11-5-3-4-6-15(11)20(2)19-14/h3-8H,9,18H2,1-2H3. The van der Waals surface area contributed by atoms with Gasteiger partial charge in [0.15, 0.2) is 11.6 Å². The number of aromatic nitrogens is 2. The monoisotopic (exact) mass is 285 g/mol. The fourth-order valence-corrected chi connectivity index (χ4v) is 2.32. The van der Waals surface area contributed by atoms with E-state index in [9.17, 15) is 4.39 Å². The molecule has 3 aromatic rings. The summed E-state index contributed by atoms with van der Waals surface area (Å²) in [7, 11) is 1.87. The zero-order valence-electron chi connectivity index (χ0n) is 11.9. The molecule has 0 saturated heterocycles. The number of aryl methyl sites for hydroxylation is 2. The third kappa shape index (κ3) is 2.42. The molecule has 0 unspecified atom stereocenters. The van der Waals surface area contributed by atoms with Crippen molar-refractivity contribution in [1.82, 2.24) is 9.78 Å². The summed E-state index contributed by atoms with van der Waals surface area (Å²) >= 11 is 0. The van der Waals surface area contributed by atoms with Crippen LogP contribution in [0.3, 0.4) is 0 Å². The van der Waals surface area contributed by atoms with Gasteiger partial charge < -0.3 is 10.5 Å². The smallest absolute Gasteiger partial charge is 0.167 e. The number of ether oxygens (including phenoxy) is 1. The Bertz CT molecular complexity index is 811. The Morgan fingerprint density at radius 1 is 1.29 bits per heavy atom. The van der Waals surface area contributed by atoms with Crippen LogP contribution in [0.25, 0.3) is 10.9 Å². The molecule has 21 heavy (non-hydrogen) atoms. The highest BCUT2D eigenvalue weighted by Gasteiger charge is 2.11. The molecule has 108 valence electrons. The predicted molar refractivity (Wildman–Crippen MR) is 80.6 cm³/mol. The normalized spacial score (nSPS) is 11.0. The van der Waals surface area contributed by atoms with Gasteiger partial charge >= 0.3 is 0 Å². The number of hydrogen-bond acceptors (Lipinski definition) is 3. The van der Waals surface area contributed by atoms with Gasteiger partial charge in [0, 0.05) is 24.2 Å². The molecule has 5 heteroatoms. The molecule has 4 nitrogen and oxygen atoms in total. The van der Waals surface area contributed by atoms with E-state index >= 15 is 0 Å². The van der Waals surface area contributed by atoms with Crippen LogP contribution in [0.1, 0.15) is 11.3 Å². The molecule has 2 N–H and O–H groups in total. The first kappa shape index (κ1) is 13.4. The quantitative estimate of drug-likeness (QED) is 0.752. The zero-order valence-corrected chi connectivity index (χ0v) is 11.9. The van der Waals surface area contributed by atoms with E-state index in [0.29, 0.717) is 5.69 Å². The van der Waals surface area contributed by atoms with Gasteiger partial charge in [-0.1, -0.05) is 18.2 Å². The summed E-state index contributed by atoms with van der Waals surface area (Å²) < 4.78 is 21.2. The number of nitrogen functional groups attached to an aromatic ring is 1. The maximum absolute atomic E-state index is 13.8. The van der Waals surface area contributed by atoms with Crippen LogP contribution < -0.4 is 10.5 Å². The first-order valence-electron chi connectivity index (χ1n) is 6.65. The lowest BCUT2D eigenvalue weighted by Crippen LogP contribution is -2.01. The number of nitrogens with two attached hydrogens (primary N) is 1. The largest absolute Gasteiger partial charge is 0.484 e. The van der Waals surface area contributed by atoms with Gasteiger partial charge in [-0.25, -0.2) is 4.39 Å². The lowest BCUT2D eigenvalue weighted by molar-refractivity contribution is 0.286. The summed E-state index contributed by atoms with van der Waals surface area (Å²) in [5, 5.41) is 5.43. The van der Waals surface area contributed by atoms with Gasteiger partial charge in [0.2, 0.25) is 0 Å². The summed E-state index contributed by atoms with van der Waals surface area (Å²) in [5.41, 5.74) is 8.67. The summed E-state index contributed by atoms with van der Waals surface area (Å²) in [6.07, 6.45) is 0. The predicted octanol–water partition coefficient (Wildman–Crippen LogP) is 3.18. The highest BCUT2D eigenvalue weighted by molar-refractivity contribution is 5.81. The molecule has 0 saturated carbocycles. The minimum Gasteiger partial charge on any atom is -0.484 e. The Morgan fingerprint density at radius 2 is 2.05 bits per heavy atom. The van der Waals surface area contributed by atoms with E-state index < -0.39 is 5.82 Å². The Balaban J connectivity index is 1.89. The zero-order chi connectivity index (χ0) is 15.0. The van der Waals surface area contributed by atoms with E-state index in [1.807, 2.05) is 38.2 Å². The molecular weight excluding hydrogens is 269 g/mol. The van der Waals surface area contributed by atoms with Crippen molar-refractivity contribution in [2.24, 2.45) is 7.05 Å². The van der Waals surface area contributed by atoms with Gasteiger partial charge in [-0.15, -0.1) is 0 Å². The fourth-order valence-electron chi connectivity index (χ4n) is 2.32. The third-order valence-corrected chi connectivity index (χ3v) is 3.52. The Morgan fingerprint density at radius 3 is 2.86 bits per heavy atom. The number of para-hydroxylation sites is 1. The van der Waals surface area contributed by atoms with Gasteiger partial charge in [-0.2, -0.15) is 5.10 Å². The first-order chi connectivity index (χ1) is 10.1. The molecule has 1 aromatic heterocycles. The van der Waals surface area contributed by atoms with Crippen LogP contribution in [-0.4, -0.2) is 9.78 Å². The van der Waals surface area contributed by atoms with Crippen LogP contribution in [0.4, 0.5) is 10.1 Å². The van der Waals surface area contributed by atoms with Crippen LogP contribution in [0.15, 0.2) is 36.4 Å². The Kier molecular flexibility index (Phi) is 3.25. The molecule has 0 aliphatic carbocycles. The second kappa shape index (κ2) is 5.09. The van der Waals surface area contributed by atoms with Crippen molar-refractivity contribution >= 4 is 16.6 Å². The molecule has 2 aromatic carbocycles. The van der Waals surface area contributed by atoms with E-state index in [4.69, 9.17) is 10.5 Å². The lowest BCUT2D eigenvalue weighted by Gasteiger charge is -2.08. The number of nitrogens with zero attached hydrogens (tertiary/aromatic N) is 2. The third-order valence-electron chi connectivity index (χ3n) is 3.52. The molecule has 0 spiro atoms. The van der Waals surface area contributed by atoms with Gasteiger partial charge in [-0.05, 0) is 24.6 Å². The van der Waals surface area contributed by atoms with Crippen molar-refractivity contribution in [3.63, 3.8) is 0 Å². The molecule has 3 rings (SSSR count). The van der Waals surface area contributed by atoms with Gasteiger partial charge in [0.05, 0.1) is 5.52 Å². The summed E-state index contributed by atoms with van der Waals surface area (Å²) in [4.78, 5) is 0. The van der Waals surface area contributed by atoms with Crippen LogP contribution in [0.2, 0.25) is 0 Å². The SMILES string of the molecule is Cc1cc(OCc2nn(C)c3ccccc23)c(F)cc1N. The van der Waals surface area contributed by atoms with Gasteiger partial charge in [0.1, 0.15) is 12.3 Å². The van der Waals surface area contributed by atoms with E-state index in [-0.39, 0.29) is 12.4 Å². The minimum atomic E-state index is -0.460. The average Bonchev–Trinajstić information content (AvgIpc) is 2.79. The van der Waals surface area contributed by atoms with Crippen molar-refractivity contribution in [3.8, 4) is 5.75 Å². The number of anilines is 1. The Labute approximate surface area is 121 Å².